The quantitative estimate of drug-likeness (QED) is 0.705. The van der Waals surface area contributed by atoms with Gasteiger partial charge in [-0.2, -0.15) is 0 Å². The van der Waals surface area contributed by atoms with Crippen LogP contribution in [0.5, 0.6) is 5.75 Å². The molecule has 6 nitrogen and oxygen atoms in total. The van der Waals surface area contributed by atoms with E-state index < -0.39 is 0 Å². The van der Waals surface area contributed by atoms with Crippen LogP contribution in [-0.4, -0.2) is 84.6 Å². The number of carbonyl (C=O) groups is 1. The Morgan fingerprint density at radius 3 is 2.63 bits per heavy atom. The Hall–Kier alpha value is -1.96. The third-order valence-electron chi connectivity index (χ3n) is 6.01. The van der Waals surface area contributed by atoms with Gasteiger partial charge in [-0.25, -0.2) is 4.98 Å². The average molecular weight is 429 g/mol. The fraction of sp³-hybridized carbons (Fsp3) is 0.565. The molecule has 0 radical (unpaired) electrons. The van der Waals surface area contributed by atoms with E-state index in [2.05, 4.69) is 28.8 Å². The fourth-order valence-electron chi connectivity index (χ4n) is 4.31. The fourth-order valence-corrected chi connectivity index (χ4v) is 5.11. The number of aromatic nitrogens is 1. The zero-order valence-electron chi connectivity index (χ0n) is 18.0. The minimum atomic E-state index is 0.0563. The summed E-state index contributed by atoms with van der Waals surface area (Å²) in [7, 11) is 2.21. The van der Waals surface area contributed by atoms with Crippen LogP contribution < -0.4 is 4.74 Å². The van der Waals surface area contributed by atoms with Crippen LogP contribution >= 0.6 is 11.3 Å². The van der Waals surface area contributed by atoms with E-state index in [9.17, 15) is 4.79 Å². The highest BCUT2D eigenvalue weighted by molar-refractivity contribution is 7.13. The minimum Gasteiger partial charge on any atom is -0.494 e. The number of rotatable bonds is 6. The lowest BCUT2D eigenvalue weighted by Crippen LogP contribution is -2.55. The van der Waals surface area contributed by atoms with Gasteiger partial charge in [0.2, 0.25) is 0 Å². The van der Waals surface area contributed by atoms with Crippen molar-refractivity contribution in [3.8, 4) is 16.3 Å². The number of carbonyl (C=O) groups excluding carboxylic acids is 1. The second-order valence-electron chi connectivity index (χ2n) is 8.30. The molecule has 3 heterocycles. The van der Waals surface area contributed by atoms with Crippen LogP contribution in [0.4, 0.5) is 0 Å². The number of piperazine rings is 1. The smallest absolute Gasteiger partial charge is 0.273 e. The van der Waals surface area contributed by atoms with Crippen molar-refractivity contribution in [1.29, 1.82) is 0 Å². The van der Waals surface area contributed by atoms with Crippen LogP contribution in [-0.2, 0) is 0 Å². The van der Waals surface area contributed by atoms with E-state index in [1.807, 2.05) is 34.5 Å². The van der Waals surface area contributed by atoms with Crippen molar-refractivity contribution in [3.05, 3.63) is 35.3 Å². The van der Waals surface area contributed by atoms with E-state index in [-0.39, 0.29) is 5.91 Å². The molecule has 2 aliphatic rings. The first kappa shape index (κ1) is 21.3. The molecule has 4 rings (SSSR count). The summed E-state index contributed by atoms with van der Waals surface area (Å²) in [5.41, 5.74) is 1.58. The SMILES string of the molecule is CCCOc1ccc(-c2nc(C(=O)N3CCN(C4CCCN(C)C4)CC3)cs2)cc1. The van der Waals surface area contributed by atoms with Gasteiger partial charge in [0.1, 0.15) is 16.5 Å². The zero-order chi connectivity index (χ0) is 20.9. The summed E-state index contributed by atoms with van der Waals surface area (Å²) in [4.78, 5) is 24.6. The molecule has 1 atom stereocenters. The van der Waals surface area contributed by atoms with Gasteiger partial charge in [0, 0.05) is 49.7 Å². The normalized spacial score (nSPS) is 21.0. The van der Waals surface area contributed by atoms with Crippen LogP contribution in [0.1, 0.15) is 36.7 Å². The Morgan fingerprint density at radius 2 is 1.93 bits per heavy atom. The number of likely N-dealkylation sites (N-methyl/N-ethyl adjacent to an activating group) is 1. The topological polar surface area (TPSA) is 48.9 Å². The number of benzene rings is 1. The van der Waals surface area contributed by atoms with E-state index in [4.69, 9.17) is 4.74 Å². The molecule has 0 bridgehead atoms. The van der Waals surface area contributed by atoms with E-state index in [0.717, 1.165) is 62.1 Å². The van der Waals surface area contributed by atoms with Gasteiger partial charge in [0.15, 0.2) is 0 Å². The highest BCUT2D eigenvalue weighted by Crippen LogP contribution is 2.27. The molecule has 162 valence electrons. The first-order valence-corrected chi connectivity index (χ1v) is 11.9. The maximum absolute atomic E-state index is 13.0. The molecule has 1 aromatic carbocycles. The van der Waals surface area contributed by atoms with Gasteiger partial charge < -0.3 is 14.5 Å². The summed E-state index contributed by atoms with van der Waals surface area (Å²) >= 11 is 1.53. The molecule has 0 saturated carbocycles. The van der Waals surface area contributed by atoms with Gasteiger partial charge >= 0.3 is 0 Å². The second-order valence-corrected chi connectivity index (χ2v) is 9.16. The summed E-state index contributed by atoms with van der Waals surface area (Å²) in [5, 5.41) is 2.77. The highest BCUT2D eigenvalue weighted by Gasteiger charge is 2.29. The van der Waals surface area contributed by atoms with Crippen molar-refractivity contribution in [2.45, 2.75) is 32.2 Å². The number of amides is 1. The second kappa shape index (κ2) is 9.90. The van der Waals surface area contributed by atoms with Crippen molar-refractivity contribution in [2.24, 2.45) is 0 Å². The molecule has 2 aliphatic heterocycles. The number of ether oxygens (including phenoxy) is 1. The predicted molar refractivity (Wildman–Crippen MR) is 121 cm³/mol. The number of likely N-dealkylation sites (tertiary alicyclic amines) is 1. The third kappa shape index (κ3) is 5.02. The number of hydrogen-bond donors (Lipinski definition) is 0. The van der Waals surface area contributed by atoms with E-state index in [1.54, 1.807) is 0 Å². The lowest BCUT2D eigenvalue weighted by Gasteiger charge is -2.42. The molecule has 0 N–H and O–H groups in total. The Bertz CT molecular complexity index is 830. The third-order valence-corrected chi connectivity index (χ3v) is 6.91. The molecule has 2 saturated heterocycles. The van der Waals surface area contributed by atoms with Crippen molar-refractivity contribution in [1.82, 2.24) is 19.7 Å². The summed E-state index contributed by atoms with van der Waals surface area (Å²) in [5.74, 6) is 0.927. The van der Waals surface area contributed by atoms with Gasteiger partial charge in [0.25, 0.3) is 5.91 Å². The monoisotopic (exact) mass is 428 g/mol. The molecule has 2 aromatic rings. The Balaban J connectivity index is 1.33. The van der Waals surface area contributed by atoms with Crippen LogP contribution in [0, 0.1) is 0 Å². The average Bonchev–Trinajstić information content (AvgIpc) is 3.28. The van der Waals surface area contributed by atoms with Gasteiger partial charge in [0.05, 0.1) is 6.61 Å². The van der Waals surface area contributed by atoms with E-state index >= 15 is 0 Å². The van der Waals surface area contributed by atoms with Crippen molar-refractivity contribution in [2.75, 3.05) is 52.9 Å². The van der Waals surface area contributed by atoms with Crippen LogP contribution in [0.2, 0.25) is 0 Å². The number of nitrogens with zero attached hydrogens (tertiary/aromatic N) is 4. The van der Waals surface area contributed by atoms with Gasteiger partial charge in [-0.3, -0.25) is 9.69 Å². The molecule has 0 spiro atoms. The summed E-state index contributed by atoms with van der Waals surface area (Å²) < 4.78 is 5.64. The zero-order valence-corrected chi connectivity index (χ0v) is 18.9. The molecule has 1 amide bonds. The molecule has 1 unspecified atom stereocenters. The lowest BCUT2D eigenvalue weighted by molar-refractivity contribution is 0.0449. The van der Waals surface area contributed by atoms with Crippen LogP contribution in [0.3, 0.4) is 0 Å². The van der Waals surface area contributed by atoms with Crippen molar-refractivity contribution < 1.29 is 9.53 Å². The number of hydrogen-bond acceptors (Lipinski definition) is 6. The predicted octanol–water partition coefficient (Wildman–Crippen LogP) is 3.45. The molecular weight excluding hydrogens is 396 g/mol. The largest absolute Gasteiger partial charge is 0.494 e. The summed E-state index contributed by atoms with van der Waals surface area (Å²) in [6.45, 7) is 8.66. The van der Waals surface area contributed by atoms with Crippen LogP contribution in [0.25, 0.3) is 10.6 Å². The molecule has 0 aliphatic carbocycles. The minimum absolute atomic E-state index is 0.0563. The van der Waals surface area contributed by atoms with E-state index in [0.29, 0.717) is 11.7 Å². The Kier molecular flexibility index (Phi) is 7.02. The van der Waals surface area contributed by atoms with Gasteiger partial charge in [-0.1, -0.05) is 6.92 Å². The Labute approximate surface area is 183 Å². The summed E-state index contributed by atoms with van der Waals surface area (Å²) in [6.07, 6.45) is 3.54. The molecule has 1 aromatic heterocycles. The molecule has 30 heavy (non-hydrogen) atoms. The highest BCUT2D eigenvalue weighted by atomic mass is 32.1. The van der Waals surface area contributed by atoms with Crippen molar-refractivity contribution >= 4 is 17.2 Å². The van der Waals surface area contributed by atoms with Gasteiger partial charge in [-0.05, 0) is 57.1 Å². The lowest BCUT2D eigenvalue weighted by atomic mass is 10.0. The first-order valence-electron chi connectivity index (χ1n) is 11.0. The molecule has 7 heteroatoms. The molecular formula is C23H32N4O2S. The molecule has 2 fully saturated rings. The number of thiazole rings is 1. The Morgan fingerprint density at radius 1 is 1.17 bits per heavy atom. The maximum atomic E-state index is 13.0. The number of piperidine rings is 1. The standard InChI is InChI=1S/C23H32N4O2S/c1-3-15-29-20-8-6-18(7-9-20)22-24-21(17-30-22)23(28)27-13-11-26(12-14-27)19-5-4-10-25(2)16-19/h6-9,17,19H,3-5,10-16H2,1-2H3. The van der Waals surface area contributed by atoms with Gasteiger partial charge in [-0.15, -0.1) is 11.3 Å². The summed E-state index contributed by atoms with van der Waals surface area (Å²) in [6, 6.07) is 8.60. The van der Waals surface area contributed by atoms with E-state index in [1.165, 1.54) is 30.7 Å². The first-order chi connectivity index (χ1) is 14.6. The maximum Gasteiger partial charge on any atom is 0.273 e. The van der Waals surface area contributed by atoms with Crippen LogP contribution in [0.15, 0.2) is 29.6 Å². The van der Waals surface area contributed by atoms with Crippen molar-refractivity contribution in [3.63, 3.8) is 0 Å².